The first kappa shape index (κ1) is 37.3. The van der Waals surface area contributed by atoms with Gasteiger partial charge < -0.3 is 33.4 Å². The Morgan fingerprint density at radius 2 is 1.30 bits per heavy atom. The highest BCUT2D eigenvalue weighted by Gasteiger charge is 2.22. The second-order valence-corrected chi connectivity index (χ2v) is 15.7. The van der Waals surface area contributed by atoms with E-state index in [1.807, 2.05) is 61.7 Å². The van der Waals surface area contributed by atoms with Crippen LogP contribution in [0, 0.1) is 0 Å². The van der Waals surface area contributed by atoms with Crippen molar-refractivity contribution in [1.29, 1.82) is 0 Å². The summed E-state index contributed by atoms with van der Waals surface area (Å²) in [5, 5.41) is 13.0. The third-order valence-corrected chi connectivity index (χ3v) is 9.69. The Morgan fingerprint density at radius 3 is 1.83 bits per heavy atom. The zero-order valence-corrected chi connectivity index (χ0v) is 30.7. The van der Waals surface area contributed by atoms with E-state index in [1.165, 1.54) is 12.1 Å². The molecule has 0 bridgehead atoms. The van der Waals surface area contributed by atoms with Gasteiger partial charge in [-0.25, -0.2) is 8.42 Å². The quantitative estimate of drug-likeness (QED) is 0.0912. The number of fused-ring (bicyclic) bond motifs is 3. The summed E-state index contributed by atoms with van der Waals surface area (Å²) < 4.78 is 57.3. The molecule has 0 spiro atoms. The molecule has 0 radical (unpaired) electrons. The third kappa shape index (κ3) is 11.6. The molecule has 1 aromatic heterocycles. The van der Waals surface area contributed by atoms with Gasteiger partial charge in [0.2, 0.25) is 0 Å². The number of rotatable bonds is 18. The monoisotopic (exact) mass is 797 g/mol. The summed E-state index contributed by atoms with van der Waals surface area (Å²) in [4.78, 5) is 11.7. The Bertz CT molecular complexity index is 1680. The summed E-state index contributed by atoms with van der Waals surface area (Å²) in [5.74, 6) is -0.203. The van der Waals surface area contributed by atoms with Crippen LogP contribution in [-0.4, -0.2) is 87.8 Å². The lowest BCUT2D eigenvalue weighted by Crippen LogP contribution is -2.25. The van der Waals surface area contributed by atoms with E-state index in [1.54, 1.807) is 12.1 Å². The molecule has 1 N–H and O–H groups in total. The van der Waals surface area contributed by atoms with Crippen LogP contribution in [0.3, 0.4) is 0 Å². The standard InChI is InChI=1S/C34H41Br2NO9S/c1-34(2,3)46-33(39)12-13-42-14-15-43-16-17-44-18-19-45-27-6-8-28(9-7-27)47(40,41)23-26(38)22-37-31-10-4-24(35)20-29(31)30-21-25(36)5-11-32(30)37/h4-11,20-21,26,38H,12-19,22-23H2,1-3H3. The fraction of sp³-hybridized carbons (Fsp3) is 0.441. The van der Waals surface area contributed by atoms with Crippen LogP contribution >= 0.6 is 31.9 Å². The molecule has 0 fully saturated rings. The van der Waals surface area contributed by atoms with Crippen LogP contribution < -0.4 is 4.74 Å². The Kier molecular flexibility index (Phi) is 13.7. The molecule has 0 aliphatic rings. The van der Waals surface area contributed by atoms with Crippen molar-refractivity contribution in [2.75, 3.05) is 52.0 Å². The first-order valence-electron chi connectivity index (χ1n) is 15.3. The maximum atomic E-state index is 13.1. The molecular formula is C34H41Br2NO9S. The second-order valence-electron chi connectivity index (χ2n) is 11.9. The van der Waals surface area contributed by atoms with E-state index in [0.29, 0.717) is 38.8 Å². The largest absolute Gasteiger partial charge is 0.491 e. The number of nitrogens with zero attached hydrogens (tertiary/aromatic N) is 1. The molecule has 10 nitrogen and oxygen atoms in total. The summed E-state index contributed by atoms with van der Waals surface area (Å²) in [7, 11) is -3.76. The minimum absolute atomic E-state index is 0.112. The summed E-state index contributed by atoms with van der Waals surface area (Å²) in [6.07, 6.45) is -0.927. The molecule has 0 amide bonds. The lowest BCUT2D eigenvalue weighted by molar-refractivity contribution is -0.156. The Hall–Kier alpha value is -2.52. The van der Waals surface area contributed by atoms with Crippen molar-refractivity contribution < 1.29 is 42.0 Å². The number of benzene rings is 3. The maximum absolute atomic E-state index is 13.1. The van der Waals surface area contributed by atoms with Crippen molar-refractivity contribution in [1.82, 2.24) is 4.57 Å². The Morgan fingerprint density at radius 1 is 0.787 bits per heavy atom. The highest BCUT2D eigenvalue weighted by molar-refractivity contribution is 9.10. The summed E-state index contributed by atoms with van der Waals surface area (Å²) in [6.45, 7) is 8.01. The molecule has 13 heteroatoms. The molecule has 0 saturated carbocycles. The molecule has 1 unspecified atom stereocenters. The number of carbonyl (C=O) groups is 1. The predicted octanol–water partition coefficient (Wildman–Crippen LogP) is 6.31. The fourth-order valence-electron chi connectivity index (χ4n) is 4.91. The van der Waals surface area contributed by atoms with Crippen LogP contribution in [0.4, 0.5) is 0 Å². The van der Waals surface area contributed by atoms with Crippen LogP contribution in [0.25, 0.3) is 21.8 Å². The second kappa shape index (κ2) is 17.2. The molecule has 1 heterocycles. The molecule has 0 saturated heterocycles. The molecule has 256 valence electrons. The van der Waals surface area contributed by atoms with Crippen molar-refractivity contribution in [2.45, 2.75) is 50.3 Å². The number of aromatic nitrogens is 1. The zero-order valence-electron chi connectivity index (χ0n) is 26.7. The summed E-state index contributed by atoms with van der Waals surface area (Å²) >= 11 is 7.06. The average Bonchev–Trinajstić information content (AvgIpc) is 3.28. The highest BCUT2D eigenvalue weighted by Crippen LogP contribution is 2.33. The SMILES string of the molecule is CC(C)(C)OC(=O)CCOCCOCCOCCOc1ccc(S(=O)(=O)CC(O)Cn2c3ccc(Br)cc3c3cc(Br)ccc32)cc1. The summed E-state index contributed by atoms with van der Waals surface area (Å²) in [6, 6.07) is 18.0. The molecule has 4 aromatic rings. The lowest BCUT2D eigenvalue weighted by atomic mass is 10.2. The minimum atomic E-state index is -3.76. The zero-order chi connectivity index (χ0) is 34.0. The normalized spacial score (nSPS) is 12.9. The molecular weight excluding hydrogens is 758 g/mol. The van der Waals surface area contributed by atoms with Crippen LogP contribution in [-0.2, 0) is 40.1 Å². The number of ether oxygens (including phenoxy) is 5. The van der Waals surface area contributed by atoms with Gasteiger partial charge in [0.15, 0.2) is 9.84 Å². The predicted molar refractivity (Wildman–Crippen MR) is 188 cm³/mol. The minimum Gasteiger partial charge on any atom is -0.491 e. The van der Waals surface area contributed by atoms with Crippen LogP contribution in [0.2, 0.25) is 0 Å². The Balaban J connectivity index is 1.15. The fourth-order valence-corrected chi connectivity index (χ4v) is 6.99. The average molecular weight is 800 g/mol. The number of aliphatic hydroxyl groups is 1. The number of halogens is 2. The first-order chi connectivity index (χ1) is 22.3. The lowest BCUT2D eigenvalue weighted by Gasteiger charge is -2.19. The van der Waals surface area contributed by atoms with Gasteiger partial charge in [-0.3, -0.25) is 4.79 Å². The first-order valence-corrected chi connectivity index (χ1v) is 18.5. The van der Waals surface area contributed by atoms with Gasteiger partial charge in [0.25, 0.3) is 0 Å². The number of aliphatic hydroxyl groups excluding tert-OH is 1. The highest BCUT2D eigenvalue weighted by atomic mass is 79.9. The van der Waals surface area contributed by atoms with E-state index in [-0.39, 0.29) is 37.0 Å². The van der Waals surface area contributed by atoms with Gasteiger partial charge in [-0.15, -0.1) is 0 Å². The number of sulfone groups is 1. The van der Waals surface area contributed by atoms with Crippen LogP contribution in [0.1, 0.15) is 27.2 Å². The van der Waals surface area contributed by atoms with Crippen LogP contribution in [0.5, 0.6) is 5.75 Å². The van der Waals surface area contributed by atoms with E-state index in [9.17, 15) is 18.3 Å². The molecule has 0 aliphatic carbocycles. The van der Waals surface area contributed by atoms with E-state index in [2.05, 4.69) is 31.9 Å². The van der Waals surface area contributed by atoms with Crippen molar-refractivity contribution >= 4 is 69.5 Å². The molecule has 3 aromatic carbocycles. The van der Waals surface area contributed by atoms with E-state index < -0.39 is 27.3 Å². The number of carbonyl (C=O) groups excluding carboxylic acids is 1. The number of hydrogen-bond acceptors (Lipinski definition) is 9. The van der Waals surface area contributed by atoms with Gasteiger partial charge in [-0.1, -0.05) is 31.9 Å². The van der Waals surface area contributed by atoms with Gasteiger partial charge in [0, 0.05) is 30.8 Å². The number of esters is 1. The van der Waals surface area contributed by atoms with Crippen molar-refractivity contribution in [3.8, 4) is 5.75 Å². The van der Waals surface area contributed by atoms with E-state index >= 15 is 0 Å². The van der Waals surface area contributed by atoms with Crippen LogP contribution in [0.15, 0.2) is 74.5 Å². The van der Waals surface area contributed by atoms with Crippen molar-refractivity contribution in [2.24, 2.45) is 0 Å². The van der Waals surface area contributed by atoms with Crippen molar-refractivity contribution in [3.05, 3.63) is 69.6 Å². The molecule has 0 aliphatic heterocycles. The number of hydrogen-bond donors (Lipinski definition) is 1. The van der Waals surface area contributed by atoms with Gasteiger partial charge in [0.05, 0.1) is 69.4 Å². The molecule has 47 heavy (non-hydrogen) atoms. The van der Waals surface area contributed by atoms with Crippen molar-refractivity contribution in [3.63, 3.8) is 0 Å². The summed E-state index contributed by atoms with van der Waals surface area (Å²) in [5.41, 5.74) is 1.32. The van der Waals surface area contributed by atoms with Gasteiger partial charge >= 0.3 is 5.97 Å². The van der Waals surface area contributed by atoms with Gasteiger partial charge in [-0.05, 0) is 81.4 Å². The van der Waals surface area contributed by atoms with E-state index in [0.717, 1.165) is 30.8 Å². The van der Waals surface area contributed by atoms with Gasteiger partial charge in [0.1, 0.15) is 18.0 Å². The Labute approximate surface area is 292 Å². The maximum Gasteiger partial charge on any atom is 0.308 e. The smallest absolute Gasteiger partial charge is 0.308 e. The van der Waals surface area contributed by atoms with Gasteiger partial charge in [-0.2, -0.15) is 0 Å². The third-order valence-electron chi connectivity index (χ3n) is 6.89. The van der Waals surface area contributed by atoms with E-state index in [4.69, 9.17) is 23.7 Å². The molecule has 4 rings (SSSR count). The topological polar surface area (TPSA) is 123 Å². The molecule has 1 atom stereocenters.